The molecule has 2 bridgehead atoms. The van der Waals surface area contributed by atoms with Gasteiger partial charge in [0.25, 0.3) is 5.91 Å². The van der Waals surface area contributed by atoms with Crippen molar-refractivity contribution in [1.29, 1.82) is 0 Å². The van der Waals surface area contributed by atoms with Gasteiger partial charge in [-0.15, -0.1) is 0 Å². The van der Waals surface area contributed by atoms with E-state index in [-0.39, 0.29) is 5.91 Å². The Morgan fingerprint density at radius 3 is 2.95 bits per heavy atom. The van der Waals surface area contributed by atoms with Crippen molar-refractivity contribution < 1.29 is 14.1 Å². The second-order valence-electron chi connectivity index (χ2n) is 6.45. The van der Waals surface area contributed by atoms with E-state index in [0.717, 1.165) is 31.9 Å². The summed E-state index contributed by atoms with van der Waals surface area (Å²) in [6.07, 6.45) is 6.65. The molecular weight excluding hydrogens is 256 g/mol. The summed E-state index contributed by atoms with van der Waals surface area (Å²) in [4.78, 5) is 14.5. The number of hydrogen-bond donors (Lipinski definition) is 0. The third-order valence-electron chi connectivity index (χ3n) is 4.96. The van der Waals surface area contributed by atoms with Crippen LogP contribution >= 0.6 is 0 Å². The zero-order valence-corrected chi connectivity index (χ0v) is 11.7. The molecule has 1 amide bonds. The Morgan fingerprint density at radius 2 is 2.35 bits per heavy atom. The Kier molecular flexibility index (Phi) is 2.84. The molecule has 0 N–H and O–H groups in total. The summed E-state index contributed by atoms with van der Waals surface area (Å²) in [5.74, 6) is 2.01. The number of nitrogens with zero attached hydrogens (tertiary/aromatic N) is 2. The molecule has 0 aromatic carbocycles. The fraction of sp³-hybridized carbons (Fsp3) is 0.733. The van der Waals surface area contributed by atoms with Crippen molar-refractivity contribution in [3.8, 4) is 0 Å². The summed E-state index contributed by atoms with van der Waals surface area (Å²) >= 11 is 0. The molecule has 1 aromatic rings. The topological polar surface area (TPSA) is 55.6 Å². The van der Waals surface area contributed by atoms with E-state index in [9.17, 15) is 4.79 Å². The molecule has 3 aliphatic rings. The zero-order chi connectivity index (χ0) is 13.7. The van der Waals surface area contributed by atoms with Crippen LogP contribution in [0.25, 0.3) is 0 Å². The van der Waals surface area contributed by atoms with Gasteiger partial charge in [-0.25, -0.2) is 0 Å². The molecule has 0 unspecified atom stereocenters. The zero-order valence-electron chi connectivity index (χ0n) is 11.7. The second kappa shape index (κ2) is 4.58. The van der Waals surface area contributed by atoms with E-state index < -0.39 is 0 Å². The van der Waals surface area contributed by atoms with Gasteiger partial charge in [-0.3, -0.25) is 4.79 Å². The lowest BCUT2D eigenvalue weighted by molar-refractivity contribution is -0.00318. The monoisotopic (exact) mass is 276 g/mol. The van der Waals surface area contributed by atoms with Crippen molar-refractivity contribution >= 4 is 5.91 Å². The lowest BCUT2D eigenvalue weighted by Crippen LogP contribution is -2.42. The first-order valence-corrected chi connectivity index (χ1v) is 7.56. The third-order valence-corrected chi connectivity index (χ3v) is 4.96. The third kappa shape index (κ3) is 2.04. The maximum atomic E-state index is 12.5. The van der Waals surface area contributed by atoms with Gasteiger partial charge in [-0.1, -0.05) is 5.16 Å². The molecule has 5 heteroatoms. The standard InChI is InChI=1S/C15H20N2O3/c1-9-13(6-16-20-9)15(18)17-7-11-4-12(17)5-14(11)19-8-10-2-3-10/h6,10-12,14H,2-5,7-8H2,1H3/t11-,12+,14+/m1/s1. The molecule has 0 radical (unpaired) electrons. The number of aryl methyl sites for hydroxylation is 1. The summed E-state index contributed by atoms with van der Waals surface area (Å²) in [7, 11) is 0. The second-order valence-corrected chi connectivity index (χ2v) is 6.45. The number of carbonyl (C=O) groups is 1. The minimum Gasteiger partial charge on any atom is -0.377 e. The molecule has 1 aliphatic heterocycles. The largest absolute Gasteiger partial charge is 0.377 e. The number of likely N-dealkylation sites (tertiary alicyclic amines) is 1. The minimum absolute atomic E-state index is 0.0666. The van der Waals surface area contributed by atoms with Crippen LogP contribution in [0.4, 0.5) is 0 Å². The van der Waals surface area contributed by atoms with Crippen LogP contribution in [0, 0.1) is 18.8 Å². The number of rotatable bonds is 4. The summed E-state index contributed by atoms with van der Waals surface area (Å²) in [6.45, 7) is 3.53. The van der Waals surface area contributed by atoms with Crippen LogP contribution in [0.1, 0.15) is 41.8 Å². The van der Waals surface area contributed by atoms with Crippen LogP contribution < -0.4 is 0 Å². The van der Waals surface area contributed by atoms with Gasteiger partial charge >= 0.3 is 0 Å². The summed E-state index contributed by atoms with van der Waals surface area (Å²) in [5, 5.41) is 3.70. The van der Waals surface area contributed by atoms with Gasteiger partial charge in [0.2, 0.25) is 0 Å². The maximum Gasteiger partial charge on any atom is 0.259 e. The number of carbonyl (C=O) groups excluding carboxylic acids is 1. The van der Waals surface area contributed by atoms with E-state index in [2.05, 4.69) is 5.16 Å². The van der Waals surface area contributed by atoms with Gasteiger partial charge in [0, 0.05) is 25.1 Å². The number of piperidine rings is 1. The van der Waals surface area contributed by atoms with Crippen LogP contribution in [0.3, 0.4) is 0 Å². The molecule has 4 rings (SSSR count). The fourth-order valence-corrected chi connectivity index (χ4v) is 3.56. The van der Waals surface area contributed by atoms with Crippen molar-refractivity contribution in [2.45, 2.75) is 44.8 Å². The van der Waals surface area contributed by atoms with Crippen molar-refractivity contribution in [3.63, 3.8) is 0 Å². The Bertz CT molecular complexity index is 523. The first-order chi connectivity index (χ1) is 9.72. The van der Waals surface area contributed by atoms with Crippen LogP contribution in [0.2, 0.25) is 0 Å². The van der Waals surface area contributed by atoms with Crippen molar-refractivity contribution in [1.82, 2.24) is 10.1 Å². The first kappa shape index (κ1) is 12.4. The number of hydrogen-bond acceptors (Lipinski definition) is 4. The molecule has 2 aliphatic carbocycles. The van der Waals surface area contributed by atoms with Crippen LogP contribution in [-0.4, -0.2) is 41.3 Å². The van der Waals surface area contributed by atoms with E-state index in [1.54, 1.807) is 6.92 Å². The molecule has 1 saturated heterocycles. The van der Waals surface area contributed by atoms with Crippen molar-refractivity contribution in [2.24, 2.45) is 11.8 Å². The molecule has 2 saturated carbocycles. The van der Waals surface area contributed by atoms with E-state index in [4.69, 9.17) is 9.26 Å². The maximum absolute atomic E-state index is 12.5. The highest BCUT2D eigenvalue weighted by Gasteiger charge is 2.47. The van der Waals surface area contributed by atoms with E-state index in [0.29, 0.717) is 29.4 Å². The fourth-order valence-electron chi connectivity index (χ4n) is 3.56. The molecule has 1 aromatic heterocycles. The molecule has 3 fully saturated rings. The number of amides is 1. The Balaban J connectivity index is 1.39. The van der Waals surface area contributed by atoms with Gasteiger partial charge < -0.3 is 14.2 Å². The van der Waals surface area contributed by atoms with Crippen LogP contribution in [0.5, 0.6) is 0 Å². The SMILES string of the molecule is Cc1oncc1C(=O)N1C[C@H]2C[C@H]1C[C@@H]2OCC1CC1. The molecular formula is C15H20N2O3. The van der Waals surface area contributed by atoms with Crippen LogP contribution in [-0.2, 0) is 4.74 Å². The first-order valence-electron chi connectivity index (χ1n) is 7.56. The molecule has 20 heavy (non-hydrogen) atoms. The summed E-state index contributed by atoms with van der Waals surface area (Å²) in [6, 6.07) is 0.339. The Labute approximate surface area is 118 Å². The number of ether oxygens (including phenoxy) is 1. The van der Waals surface area contributed by atoms with E-state index >= 15 is 0 Å². The number of fused-ring (bicyclic) bond motifs is 2. The van der Waals surface area contributed by atoms with Gasteiger partial charge in [0.15, 0.2) is 0 Å². The van der Waals surface area contributed by atoms with E-state index in [1.807, 2.05) is 4.90 Å². The molecule has 0 spiro atoms. The Hall–Kier alpha value is -1.36. The number of aromatic nitrogens is 1. The van der Waals surface area contributed by atoms with Gasteiger partial charge in [-0.05, 0) is 38.5 Å². The quantitative estimate of drug-likeness (QED) is 0.844. The smallest absolute Gasteiger partial charge is 0.259 e. The molecule has 5 nitrogen and oxygen atoms in total. The normalized spacial score (nSPS) is 32.0. The summed E-state index contributed by atoms with van der Waals surface area (Å²) < 4.78 is 11.0. The lowest BCUT2D eigenvalue weighted by atomic mass is 10.1. The highest BCUT2D eigenvalue weighted by molar-refractivity contribution is 5.95. The molecule has 3 atom stereocenters. The highest BCUT2D eigenvalue weighted by atomic mass is 16.5. The average Bonchev–Trinajstić information content (AvgIpc) is 2.85. The average molecular weight is 276 g/mol. The predicted octanol–water partition coefficient (Wildman–Crippen LogP) is 2.01. The van der Waals surface area contributed by atoms with Crippen molar-refractivity contribution in [3.05, 3.63) is 17.5 Å². The Morgan fingerprint density at radius 1 is 1.50 bits per heavy atom. The van der Waals surface area contributed by atoms with E-state index in [1.165, 1.54) is 19.0 Å². The van der Waals surface area contributed by atoms with Crippen LogP contribution in [0.15, 0.2) is 10.7 Å². The minimum atomic E-state index is 0.0666. The highest BCUT2D eigenvalue weighted by Crippen LogP contribution is 2.41. The molecule has 2 heterocycles. The lowest BCUT2D eigenvalue weighted by Gasteiger charge is -2.31. The van der Waals surface area contributed by atoms with Crippen molar-refractivity contribution in [2.75, 3.05) is 13.2 Å². The van der Waals surface area contributed by atoms with Gasteiger partial charge in [0.1, 0.15) is 11.3 Å². The summed E-state index contributed by atoms with van der Waals surface area (Å²) in [5.41, 5.74) is 0.605. The van der Waals surface area contributed by atoms with Gasteiger partial charge in [0.05, 0.1) is 12.3 Å². The van der Waals surface area contributed by atoms with Gasteiger partial charge in [-0.2, -0.15) is 0 Å². The predicted molar refractivity (Wildman–Crippen MR) is 71.3 cm³/mol. The molecule has 108 valence electrons.